The average Bonchev–Trinajstić information content (AvgIpc) is 3.20. The number of carbonyl (C=O) groups excluding carboxylic acids is 2. The number of aliphatic hydroxyl groups is 1. The summed E-state index contributed by atoms with van der Waals surface area (Å²) in [5.41, 5.74) is -1.52. The molecule has 45 heavy (non-hydrogen) atoms. The SMILES string of the molecule is CC(C)OC(=O)NCC(C)(C)C(=O)SCCO[P@](=O)(NCc1ccccc1)OC[C@H]1O[C@@H](n2ccc(=O)[nH]c2=O)[C@](C)(Cl)[C@@H]1O. The number of aromatic amines is 1. The standard InChI is InChI=1S/C28H40ClN4O10PS/c1-18(2)42-26(38)30-17-27(3,4)24(36)45-14-13-40-44(39,31-15-19-9-7-6-8-10-19)41-16-20-22(35)28(5,29)23(43-20)33-12-11-21(34)32-25(33)37/h6-12,18,20,22-23,35H,13-17H2,1-5H3,(H,30,38)(H,31,39)(H,32,34,37)/t20-,22-,23-,28-,44-/m1/s1. The Morgan fingerprint density at radius 3 is 2.56 bits per heavy atom. The molecule has 0 spiro atoms. The van der Waals surface area contributed by atoms with Gasteiger partial charge in [-0.25, -0.2) is 19.2 Å². The van der Waals surface area contributed by atoms with Crippen molar-refractivity contribution in [2.75, 3.05) is 25.5 Å². The molecule has 1 aliphatic heterocycles. The number of benzene rings is 1. The summed E-state index contributed by atoms with van der Waals surface area (Å²) in [6.45, 7) is 7.85. The third kappa shape index (κ3) is 10.5. The highest BCUT2D eigenvalue weighted by Gasteiger charge is 2.54. The van der Waals surface area contributed by atoms with Crippen molar-refractivity contribution in [2.45, 2.75) is 70.6 Å². The molecule has 0 bridgehead atoms. The Morgan fingerprint density at radius 1 is 1.22 bits per heavy atom. The number of aromatic nitrogens is 2. The lowest BCUT2D eigenvalue weighted by Crippen LogP contribution is -2.43. The predicted octanol–water partition coefficient (Wildman–Crippen LogP) is 3.14. The number of alkyl carbamates (subject to hydrolysis) is 1. The number of ether oxygens (including phenoxy) is 2. The fourth-order valence-corrected chi connectivity index (χ4v) is 6.70. The first kappa shape index (κ1) is 37.0. The minimum absolute atomic E-state index is 0.0564. The van der Waals surface area contributed by atoms with Crippen LogP contribution in [0.1, 0.15) is 46.4 Å². The molecule has 0 unspecified atom stereocenters. The number of amides is 1. The van der Waals surface area contributed by atoms with Crippen LogP contribution in [0.15, 0.2) is 52.2 Å². The number of aliphatic hydroxyl groups excluding tert-OH is 1. The maximum atomic E-state index is 13.8. The quantitative estimate of drug-likeness (QED) is 0.122. The summed E-state index contributed by atoms with van der Waals surface area (Å²) < 4.78 is 37.0. The van der Waals surface area contributed by atoms with Crippen molar-refractivity contribution in [1.82, 2.24) is 20.0 Å². The van der Waals surface area contributed by atoms with Crippen LogP contribution in [-0.2, 0) is 34.4 Å². The summed E-state index contributed by atoms with van der Waals surface area (Å²) >= 11 is 7.53. The van der Waals surface area contributed by atoms with E-state index in [0.29, 0.717) is 0 Å². The number of H-pyrrole nitrogens is 1. The summed E-state index contributed by atoms with van der Waals surface area (Å²) in [5.74, 6) is 0.124. The van der Waals surface area contributed by atoms with E-state index in [-0.39, 0.29) is 36.7 Å². The lowest BCUT2D eigenvalue weighted by atomic mass is 9.96. The number of rotatable bonds is 15. The normalized spacial score (nSPS) is 23.1. The third-order valence-electron chi connectivity index (χ3n) is 6.70. The molecule has 1 aliphatic rings. The zero-order chi connectivity index (χ0) is 33.4. The van der Waals surface area contributed by atoms with E-state index >= 15 is 0 Å². The number of thioether (sulfide) groups is 1. The molecule has 17 heteroatoms. The molecule has 1 fully saturated rings. The maximum Gasteiger partial charge on any atom is 0.407 e. The molecular formula is C28H40ClN4O10PS. The fraction of sp³-hybridized carbons (Fsp3) is 0.571. The van der Waals surface area contributed by atoms with Crippen LogP contribution in [0.5, 0.6) is 0 Å². The zero-order valence-electron chi connectivity index (χ0n) is 25.7. The van der Waals surface area contributed by atoms with E-state index in [1.165, 1.54) is 13.1 Å². The van der Waals surface area contributed by atoms with Gasteiger partial charge in [-0.15, -0.1) is 11.6 Å². The van der Waals surface area contributed by atoms with Gasteiger partial charge in [0, 0.05) is 31.1 Å². The first-order valence-electron chi connectivity index (χ1n) is 14.2. The third-order valence-corrected chi connectivity index (χ3v) is 9.85. The molecule has 14 nitrogen and oxygen atoms in total. The first-order chi connectivity index (χ1) is 21.0. The second kappa shape index (κ2) is 15.9. The lowest BCUT2D eigenvalue weighted by molar-refractivity contribution is -0.117. The number of nitrogens with one attached hydrogen (secondary N) is 3. The largest absolute Gasteiger partial charge is 0.447 e. The number of hydrogen-bond acceptors (Lipinski definition) is 11. The Labute approximate surface area is 270 Å². The monoisotopic (exact) mass is 690 g/mol. The number of hydrogen-bond donors (Lipinski definition) is 4. The predicted molar refractivity (Wildman–Crippen MR) is 169 cm³/mol. The molecule has 4 N–H and O–H groups in total. The van der Waals surface area contributed by atoms with Gasteiger partial charge < -0.3 is 19.9 Å². The van der Waals surface area contributed by atoms with Crippen molar-refractivity contribution < 1.29 is 37.8 Å². The van der Waals surface area contributed by atoms with Crippen molar-refractivity contribution >= 4 is 42.3 Å². The molecule has 0 radical (unpaired) electrons. The molecule has 1 aromatic heterocycles. The van der Waals surface area contributed by atoms with E-state index in [9.17, 15) is 28.8 Å². The summed E-state index contributed by atoms with van der Waals surface area (Å²) in [6.07, 6.45) is -3.40. The minimum atomic E-state index is -4.05. The average molecular weight is 691 g/mol. The number of nitrogens with zero attached hydrogens (tertiary/aromatic N) is 1. The van der Waals surface area contributed by atoms with E-state index in [4.69, 9.17) is 30.1 Å². The molecule has 1 amide bonds. The van der Waals surface area contributed by atoms with Gasteiger partial charge in [-0.3, -0.25) is 28.2 Å². The number of halogens is 1. The van der Waals surface area contributed by atoms with Crippen LogP contribution in [0, 0.1) is 5.41 Å². The van der Waals surface area contributed by atoms with Gasteiger partial charge in [-0.05, 0) is 26.3 Å². The minimum Gasteiger partial charge on any atom is -0.447 e. The van der Waals surface area contributed by atoms with Gasteiger partial charge in [-0.2, -0.15) is 0 Å². The molecule has 250 valence electrons. The summed E-state index contributed by atoms with van der Waals surface area (Å²) in [6, 6.07) is 10.2. The molecule has 5 atom stereocenters. The van der Waals surface area contributed by atoms with Crippen molar-refractivity contribution in [3.63, 3.8) is 0 Å². The molecular weight excluding hydrogens is 651 g/mol. The van der Waals surface area contributed by atoms with Crippen LogP contribution in [0.3, 0.4) is 0 Å². The zero-order valence-corrected chi connectivity index (χ0v) is 28.2. The summed E-state index contributed by atoms with van der Waals surface area (Å²) in [4.78, 5) is 49.1. The van der Waals surface area contributed by atoms with Crippen LogP contribution < -0.4 is 21.7 Å². The lowest BCUT2D eigenvalue weighted by Gasteiger charge is -2.26. The molecule has 1 aromatic carbocycles. The first-order valence-corrected chi connectivity index (χ1v) is 17.1. The summed E-state index contributed by atoms with van der Waals surface area (Å²) in [5, 5.41) is 16.1. The van der Waals surface area contributed by atoms with Gasteiger partial charge in [0.15, 0.2) is 11.3 Å². The Hall–Kier alpha value is -2.49. The van der Waals surface area contributed by atoms with E-state index < -0.39 is 60.4 Å². The Morgan fingerprint density at radius 2 is 1.91 bits per heavy atom. The van der Waals surface area contributed by atoms with Gasteiger partial charge >= 0.3 is 19.5 Å². The van der Waals surface area contributed by atoms with E-state index in [2.05, 4.69) is 15.4 Å². The van der Waals surface area contributed by atoms with Crippen molar-refractivity contribution in [3.8, 4) is 0 Å². The van der Waals surface area contributed by atoms with Crippen LogP contribution >= 0.6 is 31.1 Å². The molecule has 2 heterocycles. The molecule has 2 aromatic rings. The second-order valence-electron chi connectivity index (χ2n) is 11.4. The summed E-state index contributed by atoms with van der Waals surface area (Å²) in [7, 11) is -4.05. The molecule has 1 saturated heterocycles. The second-order valence-corrected chi connectivity index (χ2v) is 15.1. The van der Waals surface area contributed by atoms with Crippen LogP contribution in [0.4, 0.5) is 4.79 Å². The highest BCUT2D eigenvalue weighted by molar-refractivity contribution is 8.13. The van der Waals surface area contributed by atoms with E-state index in [1.807, 2.05) is 30.3 Å². The van der Waals surface area contributed by atoms with Crippen LogP contribution in [0.2, 0.25) is 0 Å². The Balaban J connectivity index is 1.63. The molecule has 0 aliphatic carbocycles. The smallest absolute Gasteiger partial charge is 0.407 e. The van der Waals surface area contributed by atoms with Gasteiger partial charge in [0.25, 0.3) is 5.56 Å². The number of alkyl halides is 1. The highest BCUT2D eigenvalue weighted by atomic mass is 35.5. The van der Waals surface area contributed by atoms with Crippen molar-refractivity contribution in [3.05, 3.63) is 69.0 Å². The van der Waals surface area contributed by atoms with Gasteiger partial charge in [0.1, 0.15) is 17.1 Å². The molecule has 0 saturated carbocycles. The van der Waals surface area contributed by atoms with Gasteiger partial charge in [0.2, 0.25) is 0 Å². The molecule has 3 rings (SSSR count). The van der Waals surface area contributed by atoms with Crippen LogP contribution in [-0.4, -0.2) is 74.6 Å². The topological polar surface area (TPSA) is 187 Å². The van der Waals surface area contributed by atoms with Gasteiger partial charge in [-0.1, -0.05) is 55.9 Å². The van der Waals surface area contributed by atoms with Gasteiger partial charge in [0.05, 0.1) is 24.7 Å². The van der Waals surface area contributed by atoms with Crippen molar-refractivity contribution in [1.29, 1.82) is 0 Å². The Kier molecular flexibility index (Phi) is 13.0. The van der Waals surface area contributed by atoms with E-state index in [0.717, 1.165) is 28.0 Å². The maximum absolute atomic E-state index is 13.8. The Bertz CT molecular complexity index is 1470. The van der Waals surface area contributed by atoms with Crippen molar-refractivity contribution in [2.24, 2.45) is 5.41 Å². The number of carbonyl (C=O) groups is 2. The van der Waals surface area contributed by atoms with E-state index in [1.54, 1.807) is 27.7 Å². The highest BCUT2D eigenvalue weighted by Crippen LogP contribution is 2.47. The fourth-order valence-electron chi connectivity index (χ4n) is 4.15. The van der Waals surface area contributed by atoms with Crippen LogP contribution in [0.25, 0.3) is 0 Å².